The van der Waals surface area contributed by atoms with Gasteiger partial charge < -0.3 is 20.1 Å². The molecule has 3 aromatic carbocycles. The number of carbonyl (C=O) groups excluding carboxylic acids is 2. The average Bonchev–Trinajstić information content (AvgIpc) is 3.64. The fourth-order valence-corrected chi connectivity index (χ4v) is 5.24. The number of nitrogens with one attached hydrogen (secondary N) is 3. The largest absolute Gasteiger partial charge is 0.368 e. The van der Waals surface area contributed by atoms with Gasteiger partial charge in [0.15, 0.2) is 0 Å². The van der Waals surface area contributed by atoms with E-state index in [1.54, 1.807) is 36.7 Å². The lowest BCUT2D eigenvalue weighted by atomic mass is 10.0. The van der Waals surface area contributed by atoms with Gasteiger partial charge in [0.1, 0.15) is 17.3 Å². The number of likely N-dealkylation sites (N-methyl/N-ethyl adjacent to an activating group) is 1. The second kappa shape index (κ2) is 11.5. The first kappa shape index (κ1) is 27.2. The van der Waals surface area contributed by atoms with Crippen molar-refractivity contribution in [3.8, 4) is 0 Å². The highest BCUT2D eigenvalue weighted by Gasteiger charge is 2.25. The quantitative estimate of drug-likeness (QED) is 0.266. The molecule has 0 radical (unpaired) electrons. The van der Waals surface area contributed by atoms with Crippen molar-refractivity contribution in [3.05, 3.63) is 113 Å². The number of benzene rings is 3. The number of rotatable bonds is 7. The van der Waals surface area contributed by atoms with Crippen molar-refractivity contribution in [3.63, 3.8) is 0 Å². The fourth-order valence-electron chi connectivity index (χ4n) is 5.24. The molecule has 3 heterocycles. The van der Waals surface area contributed by atoms with Crippen molar-refractivity contribution in [2.75, 3.05) is 48.9 Å². The number of fused-ring (bicyclic) bond motifs is 1. The number of aromatic amines is 1. The van der Waals surface area contributed by atoms with E-state index in [9.17, 15) is 18.4 Å². The lowest BCUT2D eigenvalue weighted by Gasteiger charge is -2.35. The van der Waals surface area contributed by atoms with Crippen molar-refractivity contribution in [1.29, 1.82) is 0 Å². The van der Waals surface area contributed by atoms with E-state index < -0.39 is 17.5 Å². The first-order chi connectivity index (χ1) is 20.3. The highest BCUT2D eigenvalue weighted by Crippen LogP contribution is 2.30. The zero-order valence-corrected chi connectivity index (χ0v) is 22.9. The second-order valence-electron chi connectivity index (χ2n) is 10.4. The lowest BCUT2D eigenvalue weighted by molar-refractivity contribution is 0.101. The zero-order chi connectivity index (χ0) is 29.2. The van der Waals surface area contributed by atoms with Gasteiger partial charge in [-0.2, -0.15) is 9.89 Å². The normalized spacial score (nSPS) is 13.8. The van der Waals surface area contributed by atoms with Crippen molar-refractivity contribution in [2.45, 2.75) is 6.42 Å². The van der Waals surface area contributed by atoms with Crippen LogP contribution in [0.5, 0.6) is 0 Å². The molecule has 214 valence electrons. The van der Waals surface area contributed by atoms with Crippen molar-refractivity contribution < 1.29 is 18.4 Å². The first-order valence-corrected chi connectivity index (χ1v) is 13.6. The Bertz CT molecular complexity index is 1740. The molecular formula is C31H29F2N7O2. The number of halogens is 2. The van der Waals surface area contributed by atoms with E-state index in [1.165, 1.54) is 16.9 Å². The van der Waals surface area contributed by atoms with Crippen LogP contribution in [0, 0.1) is 11.6 Å². The van der Waals surface area contributed by atoms with E-state index in [1.807, 2.05) is 24.3 Å². The van der Waals surface area contributed by atoms with Crippen LogP contribution in [0.4, 0.5) is 20.2 Å². The van der Waals surface area contributed by atoms with Crippen molar-refractivity contribution in [2.24, 2.45) is 0 Å². The summed E-state index contributed by atoms with van der Waals surface area (Å²) < 4.78 is 27.3. The van der Waals surface area contributed by atoms with Crippen LogP contribution in [0.3, 0.4) is 0 Å². The van der Waals surface area contributed by atoms with Gasteiger partial charge in [0.05, 0.1) is 28.7 Å². The van der Waals surface area contributed by atoms with Gasteiger partial charge in [0.2, 0.25) is 0 Å². The van der Waals surface area contributed by atoms with Gasteiger partial charge in [-0.25, -0.2) is 14.2 Å². The molecule has 1 fully saturated rings. The molecule has 1 aliphatic rings. The summed E-state index contributed by atoms with van der Waals surface area (Å²) in [5, 5.41) is 8.01. The summed E-state index contributed by atoms with van der Waals surface area (Å²) in [4.78, 5) is 35.5. The summed E-state index contributed by atoms with van der Waals surface area (Å²) in [5.41, 5.74) is 6.67. The SMILES string of the molecule is CN1CCN(c2cccc(NC(=O)c3ccc[nH]3)c2C(=O)Nn2ncc3cc(Cc4cc(F)cc(F)c4)ccc32)CC1. The summed E-state index contributed by atoms with van der Waals surface area (Å²) in [6.45, 7) is 3.14. The van der Waals surface area contributed by atoms with Crippen LogP contribution in [-0.2, 0) is 6.42 Å². The highest BCUT2D eigenvalue weighted by atomic mass is 19.1. The van der Waals surface area contributed by atoms with Crippen LogP contribution in [0.1, 0.15) is 32.0 Å². The van der Waals surface area contributed by atoms with Gasteiger partial charge in [-0.1, -0.05) is 12.1 Å². The van der Waals surface area contributed by atoms with Crippen molar-refractivity contribution in [1.82, 2.24) is 19.8 Å². The van der Waals surface area contributed by atoms with Gasteiger partial charge in [-0.15, -0.1) is 0 Å². The Hall–Kier alpha value is -5.03. The first-order valence-electron chi connectivity index (χ1n) is 13.6. The number of amides is 2. The maximum Gasteiger partial charge on any atom is 0.275 e. The third kappa shape index (κ3) is 5.72. The van der Waals surface area contributed by atoms with Crippen LogP contribution in [0.15, 0.2) is 79.1 Å². The zero-order valence-electron chi connectivity index (χ0n) is 22.9. The predicted octanol–water partition coefficient (Wildman–Crippen LogP) is 4.62. The van der Waals surface area contributed by atoms with Gasteiger partial charge in [0.25, 0.3) is 11.8 Å². The molecule has 42 heavy (non-hydrogen) atoms. The van der Waals surface area contributed by atoms with Crippen LogP contribution in [-0.4, -0.2) is 64.8 Å². The Morgan fingerprint density at radius 3 is 2.43 bits per heavy atom. The van der Waals surface area contributed by atoms with Crippen molar-refractivity contribution >= 4 is 34.1 Å². The molecule has 0 aliphatic carbocycles. The number of carbonyl (C=O) groups is 2. The lowest BCUT2D eigenvalue weighted by Crippen LogP contribution is -2.45. The molecule has 2 amide bonds. The summed E-state index contributed by atoms with van der Waals surface area (Å²) in [7, 11) is 2.06. The Morgan fingerprint density at radius 1 is 0.905 bits per heavy atom. The maximum atomic E-state index is 13.9. The molecule has 6 rings (SSSR count). The van der Waals surface area contributed by atoms with E-state index >= 15 is 0 Å². The number of aromatic nitrogens is 3. The predicted molar refractivity (Wildman–Crippen MR) is 157 cm³/mol. The molecule has 9 nitrogen and oxygen atoms in total. The van der Waals surface area contributed by atoms with E-state index in [0.29, 0.717) is 40.1 Å². The van der Waals surface area contributed by atoms with E-state index in [0.717, 1.165) is 43.2 Å². The van der Waals surface area contributed by atoms with Gasteiger partial charge in [-0.3, -0.25) is 9.59 Å². The molecule has 2 aromatic heterocycles. The monoisotopic (exact) mass is 569 g/mol. The standard InChI is InChI=1S/C31H29F2N7O2/c1-38-10-12-39(13-11-38)28-6-2-4-25(36-30(41)26-5-3-9-34-26)29(28)31(42)37-40-27-8-7-20(15-22(27)19-35-40)14-21-16-23(32)18-24(33)17-21/h2-9,15-19,34H,10-14H2,1H3,(H,36,41)(H,37,42). The summed E-state index contributed by atoms with van der Waals surface area (Å²) in [6.07, 6.45) is 3.61. The number of nitrogens with zero attached hydrogens (tertiary/aromatic N) is 4. The molecular weight excluding hydrogens is 540 g/mol. The third-order valence-electron chi connectivity index (χ3n) is 7.37. The number of H-pyrrole nitrogens is 1. The average molecular weight is 570 g/mol. The van der Waals surface area contributed by atoms with E-state index in [4.69, 9.17) is 0 Å². The second-order valence-corrected chi connectivity index (χ2v) is 10.4. The molecule has 1 aliphatic heterocycles. The van der Waals surface area contributed by atoms with Crippen LogP contribution < -0.4 is 15.6 Å². The minimum Gasteiger partial charge on any atom is -0.368 e. The van der Waals surface area contributed by atoms with Gasteiger partial charge >= 0.3 is 0 Å². The Kier molecular flexibility index (Phi) is 7.41. The van der Waals surface area contributed by atoms with Gasteiger partial charge in [0, 0.05) is 43.8 Å². The molecule has 3 N–H and O–H groups in total. The number of piperazine rings is 1. The molecule has 0 unspecified atom stereocenters. The van der Waals surface area contributed by atoms with Crippen LogP contribution in [0.25, 0.3) is 10.9 Å². The maximum absolute atomic E-state index is 13.9. The van der Waals surface area contributed by atoms with Crippen LogP contribution in [0.2, 0.25) is 0 Å². The number of hydrogen-bond donors (Lipinski definition) is 3. The number of anilines is 2. The minimum absolute atomic E-state index is 0.329. The molecule has 5 aromatic rings. The van der Waals surface area contributed by atoms with Gasteiger partial charge in [-0.05, 0) is 73.1 Å². The third-order valence-corrected chi connectivity index (χ3v) is 7.37. The Balaban J connectivity index is 1.29. The number of hydrogen-bond acceptors (Lipinski definition) is 5. The summed E-state index contributed by atoms with van der Waals surface area (Å²) in [6, 6.07) is 17.8. The Morgan fingerprint density at radius 2 is 1.69 bits per heavy atom. The van der Waals surface area contributed by atoms with E-state index in [-0.39, 0.29) is 5.91 Å². The topological polar surface area (TPSA) is 98.3 Å². The highest BCUT2D eigenvalue weighted by molar-refractivity contribution is 6.13. The molecule has 0 bridgehead atoms. The van der Waals surface area contributed by atoms with Crippen LogP contribution >= 0.6 is 0 Å². The summed E-state index contributed by atoms with van der Waals surface area (Å²) >= 11 is 0. The fraction of sp³-hybridized carbons (Fsp3) is 0.194. The molecule has 0 saturated carbocycles. The van der Waals surface area contributed by atoms with E-state index in [2.05, 4.69) is 37.7 Å². The molecule has 11 heteroatoms. The smallest absolute Gasteiger partial charge is 0.275 e. The molecule has 0 atom stereocenters. The minimum atomic E-state index is -0.623. The molecule has 0 spiro atoms. The Labute approximate surface area is 240 Å². The summed E-state index contributed by atoms with van der Waals surface area (Å²) in [5.74, 6) is -2.04. The molecule has 1 saturated heterocycles.